The van der Waals surface area contributed by atoms with Crippen molar-refractivity contribution in [2.75, 3.05) is 0 Å². The smallest absolute Gasteiger partial charge is 0.157 e. The van der Waals surface area contributed by atoms with Gasteiger partial charge in [-0.1, -0.05) is 12.1 Å². The first kappa shape index (κ1) is 27.0. The first-order valence-electron chi connectivity index (χ1n) is 12.8. The molecule has 4 aromatic rings. The number of phenols is 8. The summed E-state index contributed by atoms with van der Waals surface area (Å²) >= 11 is 0. The van der Waals surface area contributed by atoms with Gasteiger partial charge in [-0.25, -0.2) is 0 Å². The number of aliphatic hydroxyl groups excluding tert-OH is 2. The quantitative estimate of drug-likeness (QED) is 0.159. The molecule has 4 aromatic carbocycles. The van der Waals surface area contributed by atoms with E-state index in [2.05, 4.69) is 0 Å². The van der Waals surface area contributed by atoms with E-state index in [-0.39, 0.29) is 57.7 Å². The number of fused-ring (bicyclic) bond motifs is 2. The summed E-state index contributed by atoms with van der Waals surface area (Å²) in [5.41, 5.74) is 0.403. The molecule has 12 heteroatoms. The molecule has 2 heterocycles. The predicted octanol–water partition coefficient (Wildman–Crippen LogP) is 3.07. The maximum Gasteiger partial charge on any atom is 0.157 e. The van der Waals surface area contributed by atoms with Gasteiger partial charge in [-0.05, 0) is 35.4 Å². The third-order valence-electron chi connectivity index (χ3n) is 7.60. The average molecular weight is 579 g/mol. The second-order valence-electron chi connectivity index (χ2n) is 10.3. The highest BCUT2D eigenvalue weighted by molar-refractivity contribution is 5.89. The Morgan fingerprint density at radius 1 is 0.452 bits per heavy atom. The Kier molecular flexibility index (Phi) is 6.24. The van der Waals surface area contributed by atoms with E-state index in [9.17, 15) is 51.1 Å². The Morgan fingerprint density at radius 2 is 0.833 bits per heavy atom. The van der Waals surface area contributed by atoms with E-state index < -0.39 is 70.4 Å². The molecule has 0 radical (unpaired) electrons. The summed E-state index contributed by atoms with van der Waals surface area (Å²) in [7, 11) is 0. The number of aromatic hydroxyl groups is 8. The molecule has 0 unspecified atom stereocenters. The number of benzene rings is 4. The molecule has 4 atom stereocenters. The van der Waals surface area contributed by atoms with Crippen molar-refractivity contribution in [1.29, 1.82) is 0 Å². The fraction of sp³-hybridized carbons (Fsp3) is 0.200. The minimum Gasteiger partial charge on any atom is -0.507 e. The molecule has 0 saturated heterocycles. The first-order chi connectivity index (χ1) is 19.9. The molecule has 0 aliphatic carbocycles. The average Bonchev–Trinajstić information content (AvgIpc) is 2.93. The maximum absolute atomic E-state index is 11.1. The molecule has 2 aliphatic heterocycles. The number of hydrogen-bond donors (Lipinski definition) is 10. The van der Waals surface area contributed by atoms with Crippen molar-refractivity contribution in [1.82, 2.24) is 0 Å². The lowest BCUT2D eigenvalue weighted by atomic mass is 9.87. The van der Waals surface area contributed by atoms with Gasteiger partial charge in [0.2, 0.25) is 0 Å². The predicted molar refractivity (Wildman–Crippen MR) is 144 cm³/mol. The van der Waals surface area contributed by atoms with Gasteiger partial charge in [0.25, 0.3) is 0 Å². The zero-order valence-electron chi connectivity index (χ0n) is 21.6. The van der Waals surface area contributed by atoms with Crippen LogP contribution in [0.1, 0.15) is 34.5 Å². The van der Waals surface area contributed by atoms with Crippen molar-refractivity contribution in [3.8, 4) is 68.6 Å². The second kappa shape index (κ2) is 9.72. The lowest BCUT2D eigenvalue weighted by Gasteiger charge is -2.35. The van der Waals surface area contributed by atoms with Crippen LogP contribution in [-0.2, 0) is 12.8 Å². The summed E-state index contributed by atoms with van der Waals surface area (Å²) in [6.07, 6.45) is -5.09. The number of aliphatic hydroxyl groups is 2. The number of hydrogen-bond acceptors (Lipinski definition) is 12. The monoisotopic (exact) mass is 578 g/mol. The van der Waals surface area contributed by atoms with Gasteiger partial charge >= 0.3 is 0 Å². The third kappa shape index (κ3) is 4.24. The molecule has 10 N–H and O–H groups in total. The van der Waals surface area contributed by atoms with Crippen LogP contribution in [0, 0.1) is 0 Å². The Hall–Kier alpha value is -5.20. The summed E-state index contributed by atoms with van der Waals surface area (Å²) in [5.74, 6) is -3.88. The van der Waals surface area contributed by atoms with Crippen LogP contribution in [0.4, 0.5) is 0 Å². The van der Waals surface area contributed by atoms with Crippen LogP contribution in [0.5, 0.6) is 57.5 Å². The minimum absolute atomic E-state index is 0.0895. The Labute approximate surface area is 237 Å². The van der Waals surface area contributed by atoms with E-state index in [1.54, 1.807) is 0 Å². The highest BCUT2D eigenvalue weighted by atomic mass is 16.5. The second-order valence-corrected chi connectivity index (χ2v) is 10.3. The molecule has 0 fully saturated rings. The van der Waals surface area contributed by atoms with Crippen molar-refractivity contribution in [3.63, 3.8) is 0 Å². The van der Waals surface area contributed by atoms with Gasteiger partial charge < -0.3 is 60.5 Å². The Bertz CT molecular complexity index is 1610. The zero-order chi connectivity index (χ0) is 30.0. The third-order valence-corrected chi connectivity index (χ3v) is 7.60. The number of rotatable bonds is 3. The van der Waals surface area contributed by atoms with Crippen molar-refractivity contribution in [2.24, 2.45) is 0 Å². The Morgan fingerprint density at radius 3 is 1.19 bits per heavy atom. The summed E-state index contributed by atoms with van der Waals surface area (Å²) < 4.78 is 12.2. The maximum atomic E-state index is 11.1. The van der Waals surface area contributed by atoms with Gasteiger partial charge in [0, 0.05) is 36.1 Å². The molecule has 0 bridgehead atoms. The fourth-order valence-electron chi connectivity index (χ4n) is 5.54. The van der Waals surface area contributed by atoms with Crippen LogP contribution < -0.4 is 9.47 Å². The van der Waals surface area contributed by atoms with Crippen LogP contribution in [0.25, 0.3) is 11.1 Å². The van der Waals surface area contributed by atoms with Gasteiger partial charge in [-0.15, -0.1) is 0 Å². The van der Waals surface area contributed by atoms with E-state index in [1.165, 1.54) is 36.4 Å². The first-order valence-corrected chi connectivity index (χ1v) is 12.8. The standard InChI is InChI=1S/C30H26O12/c31-15-3-1-11(5-19(15)35)27-23(39)7-13-17(33)9-21(37)25(29(13)41-27)26-22(38)10-18(34)14-8-24(40)28(42-30(14)26)12-2-4-16(32)20(36)6-12/h1-6,9-10,23-24,27-28,31-40H,7-8H2/t23-,24-,27+,28+/m0/s1. The van der Waals surface area contributed by atoms with Crippen molar-refractivity contribution in [2.45, 2.75) is 37.3 Å². The Balaban J connectivity index is 1.53. The van der Waals surface area contributed by atoms with E-state index >= 15 is 0 Å². The van der Waals surface area contributed by atoms with Gasteiger partial charge in [-0.2, -0.15) is 0 Å². The molecule has 2 aliphatic rings. The molecule has 0 saturated carbocycles. The fourth-order valence-corrected chi connectivity index (χ4v) is 5.54. The normalized spacial score (nSPS) is 21.1. The zero-order valence-corrected chi connectivity index (χ0v) is 21.6. The lowest BCUT2D eigenvalue weighted by molar-refractivity contribution is 0.0186. The molecule has 0 aromatic heterocycles. The number of phenolic OH excluding ortho intramolecular Hbond substituents is 8. The molecule has 42 heavy (non-hydrogen) atoms. The number of ether oxygens (including phenoxy) is 2. The van der Waals surface area contributed by atoms with E-state index in [0.29, 0.717) is 0 Å². The van der Waals surface area contributed by atoms with Crippen LogP contribution in [0.3, 0.4) is 0 Å². The highest BCUT2D eigenvalue weighted by Gasteiger charge is 2.40. The van der Waals surface area contributed by atoms with E-state index in [4.69, 9.17) is 9.47 Å². The minimum atomic E-state index is -1.23. The van der Waals surface area contributed by atoms with Crippen LogP contribution >= 0.6 is 0 Å². The summed E-state index contributed by atoms with van der Waals surface area (Å²) in [5, 5.41) is 105. The van der Waals surface area contributed by atoms with Crippen LogP contribution in [-0.4, -0.2) is 63.3 Å². The van der Waals surface area contributed by atoms with Gasteiger partial charge in [0.05, 0.1) is 23.3 Å². The van der Waals surface area contributed by atoms with Gasteiger partial charge in [0.1, 0.15) is 46.7 Å². The lowest BCUT2D eigenvalue weighted by Crippen LogP contribution is -2.31. The molecular formula is C30H26O12. The topological polar surface area (TPSA) is 221 Å². The highest BCUT2D eigenvalue weighted by Crippen LogP contribution is 2.57. The van der Waals surface area contributed by atoms with Crippen LogP contribution in [0.2, 0.25) is 0 Å². The molecule has 218 valence electrons. The summed E-state index contributed by atoms with van der Waals surface area (Å²) in [6, 6.07) is 9.64. The molecule has 0 spiro atoms. The molecule has 0 amide bonds. The molecule has 12 nitrogen and oxygen atoms in total. The van der Waals surface area contributed by atoms with E-state index in [0.717, 1.165) is 12.1 Å². The largest absolute Gasteiger partial charge is 0.507 e. The van der Waals surface area contributed by atoms with Crippen LogP contribution in [0.15, 0.2) is 48.5 Å². The molecular weight excluding hydrogens is 552 g/mol. The SMILES string of the molecule is Oc1ccc([C@H]2Oc3c(c(O)cc(O)c3-c3c(O)cc(O)c4c3O[C@H](c3ccc(O)c(O)c3)[C@@H](O)C4)C[C@@H]2O)cc1O. The van der Waals surface area contributed by atoms with E-state index in [1.807, 2.05) is 0 Å². The summed E-state index contributed by atoms with van der Waals surface area (Å²) in [4.78, 5) is 0. The van der Waals surface area contributed by atoms with Crippen molar-refractivity contribution < 1.29 is 60.5 Å². The van der Waals surface area contributed by atoms with Gasteiger partial charge in [-0.3, -0.25) is 0 Å². The summed E-state index contributed by atoms with van der Waals surface area (Å²) in [6.45, 7) is 0. The molecule has 6 rings (SSSR count). The van der Waals surface area contributed by atoms with Gasteiger partial charge in [0.15, 0.2) is 23.0 Å². The van der Waals surface area contributed by atoms with Crippen molar-refractivity contribution >= 4 is 0 Å². The van der Waals surface area contributed by atoms with Crippen molar-refractivity contribution in [3.05, 3.63) is 70.8 Å².